The van der Waals surface area contributed by atoms with Crippen LogP contribution in [0.2, 0.25) is 5.02 Å². The zero-order valence-corrected chi connectivity index (χ0v) is 23.1. The second-order valence-corrected chi connectivity index (χ2v) is 10.5. The van der Waals surface area contributed by atoms with Crippen LogP contribution < -0.4 is 10.6 Å². The number of halogens is 2. The lowest BCUT2D eigenvalue weighted by Gasteiger charge is -2.11. The maximum atomic E-state index is 12.2. The third-order valence-electron chi connectivity index (χ3n) is 5.12. The van der Waals surface area contributed by atoms with Gasteiger partial charge in [-0.2, -0.15) is 0 Å². The Bertz CT molecular complexity index is 1230. The first-order valence-corrected chi connectivity index (χ1v) is 13.2. The van der Waals surface area contributed by atoms with Crippen molar-refractivity contribution in [1.29, 1.82) is 0 Å². The molecule has 3 aromatic carbocycles. The molecule has 6 nitrogen and oxygen atoms in total. The highest BCUT2D eigenvalue weighted by atomic mass is 79.9. The van der Waals surface area contributed by atoms with E-state index in [1.165, 1.54) is 0 Å². The van der Waals surface area contributed by atoms with Gasteiger partial charge in [0.1, 0.15) is 0 Å². The lowest BCUT2D eigenvalue weighted by molar-refractivity contribution is -0.147. The summed E-state index contributed by atoms with van der Waals surface area (Å²) in [6.45, 7) is 3.43. The summed E-state index contributed by atoms with van der Waals surface area (Å²) in [6.07, 6.45) is 0.537. The largest absolute Gasteiger partial charge is 0.456 e. The van der Waals surface area contributed by atoms with Gasteiger partial charge >= 0.3 is 5.97 Å². The smallest absolute Gasteiger partial charge is 0.306 e. The van der Waals surface area contributed by atoms with Crippen LogP contribution >= 0.6 is 39.3 Å². The molecule has 0 spiro atoms. The molecule has 0 aliphatic rings. The van der Waals surface area contributed by atoms with Gasteiger partial charge in [0, 0.05) is 43.5 Å². The van der Waals surface area contributed by atoms with Gasteiger partial charge in [0.2, 0.25) is 5.91 Å². The van der Waals surface area contributed by atoms with Gasteiger partial charge in [-0.3, -0.25) is 14.4 Å². The molecule has 0 radical (unpaired) electrons. The molecule has 36 heavy (non-hydrogen) atoms. The third kappa shape index (κ3) is 9.00. The molecule has 3 aromatic rings. The number of hydrogen-bond donors (Lipinski definition) is 2. The van der Waals surface area contributed by atoms with E-state index in [0.717, 1.165) is 25.4 Å². The van der Waals surface area contributed by atoms with Crippen molar-refractivity contribution in [2.75, 3.05) is 17.2 Å². The van der Waals surface area contributed by atoms with E-state index in [1.807, 2.05) is 74.5 Å². The molecule has 3 rings (SSSR count). The minimum absolute atomic E-state index is 0.0494. The van der Waals surface area contributed by atoms with Gasteiger partial charge in [0.25, 0.3) is 5.91 Å². The van der Waals surface area contributed by atoms with Gasteiger partial charge in [-0.15, -0.1) is 0 Å². The fraction of sp³-hybridized carbons (Fsp3) is 0.222. The van der Waals surface area contributed by atoms with Gasteiger partial charge < -0.3 is 15.4 Å². The zero-order chi connectivity index (χ0) is 26.1. The third-order valence-corrected chi connectivity index (χ3v) is 7.24. The molecular formula is C27H26BrClN2O4S. The van der Waals surface area contributed by atoms with E-state index in [2.05, 4.69) is 26.6 Å². The number of aryl methyl sites for hydroxylation is 2. The number of benzene rings is 3. The van der Waals surface area contributed by atoms with Crippen LogP contribution in [0.5, 0.6) is 0 Å². The minimum atomic E-state index is -0.523. The summed E-state index contributed by atoms with van der Waals surface area (Å²) in [7, 11) is 0. The molecule has 0 heterocycles. The van der Waals surface area contributed by atoms with E-state index in [9.17, 15) is 14.4 Å². The van der Waals surface area contributed by atoms with Crippen molar-refractivity contribution in [3.63, 3.8) is 0 Å². The Morgan fingerprint density at radius 3 is 2.17 bits per heavy atom. The van der Waals surface area contributed by atoms with Crippen LogP contribution in [0.25, 0.3) is 0 Å². The van der Waals surface area contributed by atoms with Crippen LogP contribution in [0.15, 0.2) is 74.9 Å². The van der Waals surface area contributed by atoms with Crippen molar-refractivity contribution in [1.82, 2.24) is 0 Å². The Morgan fingerprint density at radius 1 is 0.861 bits per heavy atom. The molecule has 9 heteroatoms. The Balaban J connectivity index is 1.34. The second-order valence-electron chi connectivity index (χ2n) is 8.11. The van der Waals surface area contributed by atoms with Gasteiger partial charge in [0.15, 0.2) is 6.61 Å². The van der Waals surface area contributed by atoms with Crippen LogP contribution in [0, 0.1) is 13.8 Å². The molecule has 188 valence electrons. The van der Waals surface area contributed by atoms with Crippen molar-refractivity contribution in [2.45, 2.75) is 42.9 Å². The minimum Gasteiger partial charge on any atom is -0.456 e. The van der Waals surface area contributed by atoms with Crippen molar-refractivity contribution in [3.05, 3.63) is 81.3 Å². The van der Waals surface area contributed by atoms with E-state index in [1.54, 1.807) is 11.8 Å². The number of ether oxygens (including phenoxy) is 1. The summed E-state index contributed by atoms with van der Waals surface area (Å²) in [4.78, 5) is 38.4. The number of nitrogens with one attached hydrogen (secondary N) is 2. The Kier molecular flexibility index (Phi) is 10.4. The van der Waals surface area contributed by atoms with E-state index in [0.29, 0.717) is 22.8 Å². The highest BCUT2D eigenvalue weighted by Gasteiger charge is 2.11. The first kappa shape index (κ1) is 27.8. The monoisotopic (exact) mass is 588 g/mol. The number of carbonyl (C=O) groups is 3. The summed E-state index contributed by atoms with van der Waals surface area (Å²) in [5.74, 6) is -1.13. The van der Waals surface area contributed by atoms with Gasteiger partial charge in [-0.05, 0) is 92.1 Å². The number of esters is 1. The molecule has 0 fully saturated rings. The number of rotatable bonds is 10. The Labute approximate surface area is 228 Å². The first-order chi connectivity index (χ1) is 17.2. The van der Waals surface area contributed by atoms with Crippen molar-refractivity contribution in [3.8, 4) is 0 Å². The normalized spacial score (nSPS) is 10.6. The fourth-order valence-corrected chi connectivity index (χ4v) is 4.58. The average Bonchev–Trinajstić information content (AvgIpc) is 2.84. The molecule has 0 atom stereocenters. The Hall–Kier alpha value is -2.81. The maximum absolute atomic E-state index is 12.2. The molecule has 0 aliphatic heterocycles. The number of anilines is 2. The molecule has 0 aromatic heterocycles. The highest BCUT2D eigenvalue weighted by molar-refractivity contribution is 9.10. The molecule has 0 unspecified atom stereocenters. The maximum Gasteiger partial charge on any atom is 0.306 e. The van der Waals surface area contributed by atoms with E-state index in [-0.39, 0.29) is 25.4 Å². The quantitative estimate of drug-likeness (QED) is 0.245. The topological polar surface area (TPSA) is 84.5 Å². The summed E-state index contributed by atoms with van der Waals surface area (Å²) in [5.41, 5.74) is 3.23. The van der Waals surface area contributed by atoms with Crippen LogP contribution in [0.3, 0.4) is 0 Å². The number of carbonyl (C=O) groups excluding carboxylic acids is 3. The number of hydrogen-bond acceptors (Lipinski definition) is 5. The van der Waals surface area contributed by atoms with Crippen molar-refractivity contribution >= 4 is 68.5 Å². The average molecular weight is 590 g/mol. The standard InChI is InChI=1S/C27H26BrClN2O4S/c1-17-15-24(18(2)14-23(17)28)31-26(33)16-35-27(34)5-3-4-25(32)30-20-8-12-22(13-9-20)36-21-10-6-19(29)7-11-21/h6-15H,3-5,16H2,1-2H3,(H,30,32)(H,31,33). The zero-order valence-electron chi connectivity index (χ0n) is 19.9. The molecule has 0 aliphatic carbocycles. The van der Waals surface area contributed by atoms with Crippen LogP contribution in [-0.2, 0) is 19.1 Å². The second kappa shape index (κ2) is 13.5. The van der Waals surface area contributed by atoms with Crippen molar-refractivity contribution < 1.29 is 19.1 Å². The summed E-state index contributed by atoms with van der Waals surface area (Å²) >= 11 is 11.0. The predicted molar refractivity (Wildman–Crippen MR) is 148 cm³/mol. The van der Waals surface area contributed by atoms with Gasteiger partial charge in [-0.1, -0.05) is 39.3 Å². The first-order valence-electron chi connectivity index (χ1n) is 11.2. The number of amides is 2. The van der Waals surface area contributed by atoms with Crippen LogP contribution in [-0.4, -0.2) is 24.4 Å². The lowest BCUT2D eigenvalue weighted by atomic mass is 10.1. The Morgan fingerprint density at radius 2 is 1.50 bits per heavy atom. The van der Waals surface area contributed by atoms with Crippen molar-refractivity contribution in [2.24, 2.45) is 0 Å². The molecular weight excluding hydrogens is 564 g/mol. The van der Waals surface area contributed by atoms with Crippen LogP contribution in [0.1, 0.15) is 30.4 Å². The highest BCUT2D eigenvalue weighted by Crippen LogP contribution is 2.29. The molecule has 2 amide bonds. The molecule has 0 saturated carbocycles. The molecule has 0 bridgehead atoms. The fourth-order valence-electron chi connectivity index (χ4n) is 3.18. The van der Waals surface area contributed by atoms with Gasteiger partial charge in [0.05, 0.1) is 0 Å². The summed E-state index contributed by atoms with van der Waals surface area (Å²) < 4.78 is 5.99. The summed E-state index contributed by atoms with van der Waals surface area (Å²) in [5, 5.41) is 6.26. The molecule has 2 N–H and O–H groups in total. The SMILES string of the molecule is Cc1cc(NC(=O)COC(=O)CCCC(=O)Nc2ccc(Sc3ccc(Cl)cc3)cc2)c(C)cc1Br. The van der Waals surface area contributed by atoms with E-state index in [4.69, 9.17) is 16.3 Å². The van der Waals surface area contributed by atoms with E-state index >= 15 is 0 Å². The van der Waals surface area contributed by atoms with Crippen LogP contribution in [0.4, 0.5) is 11.4 Å². The van der Waals surface area contributed by atoms with E-state index < -0.39 is 11.9 Å². The lowest BCUT2D eigenvalue weighted by Crippen LogP contribution is -2.21. The van der Waals surface area contributed by atoms with Gasteiger partial charge in [-0.25, -0.2) is 0 Å². The molecule has 0 saturated heterocycles. The predicted octanol–water partition coefficient (Wildman–Crippen LogP) is 7.16. The summed E-state index contributed by atoms with van der Waals surface area (Å²) in [6, 6.07) is 18.9.